The lowest BCUT2D eigenvalue weighted by molar-refractivity contribution is -0.385. The van der Waals surface area contributed by atoms with E-state index in [0.717, 1.165) is 11.1 Å². The molecule has 1 amide bonds. The Morgan fingerprint density at radius 1 is 1.13 bits per heavy atom. The number of rotatable bonds is 6. The van der Waals surface area contributed by atoms with Gasteiger partial charge in [-0.25, -0.2) is 0 Å². The summed E-state index contributed by atoms with van der Waals surface area (Å²) in [6.07, 6.45) is 0.530. The van der Waals surface area contributed by atoms with E-state index in [1.807, 2.05) is 6.07 Å². The van der Waals surface area contributed by atoms with Gasteiger partial charge in [0.15, 0.2) is 11.5 Å². The molecule has 0 radical (unpaired) electrons. The molecule has 1 aliphatic rings. The molecule has 0 fully saturated rings. The molecular formula is C22H24N2O7. The lowest BCUT2D eigenvalue weighted by Gasteiger charge is -2.37. The number of nitrogens with zero attached hydrogens (tertiary/aromatic N) is 2. The van der Waals surface area contributed by atoms with Crippen LogP contribution in [0.15, 0.2) is 30.3 Å². The number of amides is 1. The Hall–Kier alpha value is -3.62. The molecule has 9 heteroatoms. The van der Waals surface area contributed by atoms with E-state index in [2.05, 4.69) is 0 Å². The van der Waals surface area contributed by atoms with Crippen LogP contribution in [0, 0.1) is 17.0 Å². The van der Waals surface area contributed by atoms with Crippen molar-refractivity contribution in [1.82, 2.24) is 4.90 Å². The lowest BCUT2D eigenvalue weighted by Crippen LogP contribution is -2.41. The molecule has 0 aromatic heterocycles. The van der Waals surface area contributed by atoms with Gasteiger partial charge in [0.25, 0.3) is 11.6 Å². The third kappa shape index (κ3) is 4.30. The van der Waals surface area contributed by atoms with Crippen molar-refractivity contribution in [2.24, 2.45) is 0 Å². The highest BCUT2D eigenvalue weighted by molar-refractivity contribution is 5.95. The summed E-state index contributed by atoms with van der Waals surface area (Å²) in [5.74, 6) is 0.304. The highest BCUT2D eigenvalue weighted by Gasteiger charge is 2.34. The Kier molecular flexibility index (Phi) is 6.43. The minimum atomic E-state index is -0.570. The number of carbonyl (C=O) groups excluding carboxylic acids is 2. The van der Waals surface area contributed by atoms with E-state index in [4.69, 9.17) is 14.2 Å². The fourth-order valence-electron chi connectivity index (χ4n) is 3.89. The SMILES string of the molecule is COC(=O)CC1c2cc(OC)c(OC)cc2CCN1C(=O)c1ccc([N+](=O)[O-])c(C)c1. The number of hydrogen-bond donors (Lipinski definition) is 0. The molecule has 0 bridgehead atoms. The molecule has 2 aromatic rings. The van der Waals surface area contributed by atoms with Gasteiger partial charge in [-0.05, 0) is 48.7 Å². The van der Waals surface area contributed by atoms with Gasteiger partial charge in [-0.15, -0.1) is 0 Å². The van der Waals surface area contributed by atoms with E-state index in [0.29, 0.717) is 35.6 Å². The maximum Gasteiger partial charge on any atom is 0.307 e. The Labute approximate surface area is 179 Å². The smallest absolute Gasteiger partial charge is 0.307 e. The average molecular weight is 428 g/mol. The number of benzene rings is 2. The van der Waals surface area contributed by atoms with E-state index in [-0.39, 0.29) is 18.0 Å². The molecule has 31 heavy (non-hydrogen) atoms. The Morgan fingerprint density at radius 2 is 1.81 bits per heavy atom. The minimum Gasteiger partial charge on any atom is -0.493 e. The molecule has 1 heterocycles. The molecule has 1 atom stereocenters. The molecule has 0 saturated carbocycles. The highest BCUT2D eigenvalue weighted by atomic mass is 16.6. The Morgan fingerprint density at radius 3 is 2.39 bits per heavy atom. The second kappa shape index (κ2) is 9.03. The van der Waals surface area contributed by atoms with Crippen LogP contribution in [0.2, 0.25) is 0 Å². The number of hydrogen-bond acceptors (Lipinski definition) is 7. The normalized spacial score (nSPS) is 15.1. The largest absolute Gasteiger partial charge is 0.493 e. The van der Waals surface area contributed by atoms with Crippen LogP contribution >= 0.6 is 0 Å². The van der Waals surface area contributed by atoms with E-state index in [9.17, 15) is 19.7 Å². The third-order valence-electron chi connectivity index (χ3n) is 5.49. The van der Waals surface area contributed by atoms with Gasteiger partial charge in [0.2, 0.25) is 0 Å². The first-order chi connectivity index (χ1) is 14.8. The molecule has 9 nitrogen and oxygen atoms in total. The van der Waals surface area contributed by atoms with Crippen LogP contribution in [0.4, 0.5) is 5.69 Å². The van der Waals surface area contributed by atoms with Gasteiger partial charge in [0.1, 0.15) is 0 Å². The molecule has 1 unspecified atom stereocenters. The summed E-state index contributed by atoms with van der Waals surface area (Å²) in [7, 11) is 4.36. The van der Waals surface area contributed by atoms with Crippen LogP contribution < -0.4 is 9.47 Å². The lowest BCUT2D eigenvalue weighted by atomic mass is 9.89. The standard InChI is InChI=1S/C22H24N2O7/c1-13-9-15(5-6-17(13)24(27)28)22(26)23-8-7-14-10-19(29-2)20(30-3)11-16(14)18(23)12-21(25)31-4/h5-6,9-11,18H,7-8,12H2,1-4H3. The topological polar surface area (TPSA) is 108 Å². The first-order valence-electron chi connectivity index (χ1n) is 9.68. The summed E-state index contributed by atoms with van der Waals surface area (Å²) in [4.78, 5) is 37.7. The molecule has 0 aliphatic carbocycles. The van der Waals surface area contributed by atoms with Crippen LogP contribution in [-0.2, 0) is 16.0 Å². The van der Waals surface area contributed by atoms with Gasteiger partial charge >= 0.3 is 5.97 Å². The van der Waals surface area contributed by atoms with Crippen LogP contribution in [-0.4, -0.2) is 49.6 Å². The zero-order valence-corrected chi connectivity index (χ0v) is 17.8. The summed E-state index contributed by atoms with van der Waals surface area (Å²) in [5, 5.41) is 11.1. The maximum atomic E-state index is 13.3. The van der Waals surface area contributed by atoms with Crippen LogP contribution in [0.5, 0.6) is 11.5 Å². The Bertz CT molecular complexity index is 1030. The molecule has 2 aromatic carbocycles. The predicted molar refractivity (Wildman–Crippen MR) is 111 cm³/mol. The predicted octanol–water partition coefficient (Wildman–Crippen LogP) is 3.22. The number of nitro groups is 1. The first-order valence-corrected chi connectivity index (χ1v) is 9.68. The van der Waals surface area contributed by atoms with E-state index in [1.54, 1.807) is 25.0 Å². The van der Waals surface area contributed by atoms with Gasteiger partial charge in [0, 0.05) is 23.7 Å². The number of ether oxygens (including phenoxy) is 3. The van der Waals surface area contributed by atoms with Crippen molar-refractivity contribution in [2.45, 2.75) is 25.8 Å². The average Bonchev–Trinajstić information content (AvgIpc) is 2.77. The third-order valence-corrected chi connectivity index (χ3v) is 5.49. The first kappa shape index (κ1) is 22.1. The van der Waals surface area contributed by atoms with Crippen molar-refractivity contribution in [3.63, 3.8) is 0 Å². The maximum absolute atomic E-state index is 13.3. The van der Waals surface area contributed by atoms with Crippen LogP contribution in [0.25, 0.3) is 0 Å². The summed E-state index contributed by atoms with van der Waals surface area (Å²) >= 11 is 0. The second-order valence-electron chi connectivity index (χ2n) is 7.21. The van der Waals surface area contributed by atoms with Gasteiger partial charge < -0.3 is 19.1 Å². The zero-order chi connectivity index (χ0) is 22.7. The van der Waals surface area contributed by atoms with Crippen molar-refractivity contribution >= 4 is 17.6 Å². The molecule has 0 N–H and O–H groups in total. The van der Waals surface area contributed by atoms with Crippen molar-refractivity contribution in [1.29, 1.82) is 0 Å². The number of fused-ring (bicyclic) bond motifs is 1. The fraction of sp³-hybridized carbons (Fsp3) is 0.364. The quantitative estimate of drug-likeness (QED) is 0.395. The number of aryl methyl sites for hydroxylation is 1. The zero-order valence-electron chi connectivity index (χ0n) is 17.8. The Balaban J connectivity index is 2.03. The summed E-state index contributed by atoms with van der Waals surface area (Å²) in [5.41, 5.74) is 2.39. The molecule has 0 spiro atoms. The molecule has 3 rings (SSSR count). The van der Waals surface area contributed by atoms with E-state index in [1.165, 1.54) is 32.4 Å². The summed E-state index contributed by atoms with van der Waals surface area (Å²) < 4.78 is 15.6. The second-order valence-corrected chi connectivity index (χ2v) is 7.21. The minimum absolute atomic E-state index is 0.0311. The van der Waals surface area contributed by atoms with Crippen LogP contribution in [0.3, 0.4) is 0 Å². The van der Waals surface area contributed by atoms with E-state index >= 15 is 0 Å². The molecular weight excluding hydrogens is 404 g/mol. The van der Waals surface area contributed by atoms with Crippen LogP contribution in [0.1, 0.15) is 39.5 Å². The van der Waals surface area contributed by atoms with E-state index < -0.39 is 16.9 Å². The number of carbonyl (C=O) groups is 2. The number of methoxy groups -OCH3 is 3. The molecule has 0 saturated heterocycles. The highest BCUT2D eigenvalue weighted by Crippen LogP contribution is 2.40. The van der Waals surface area contributed by atoms with Gasteiger partial charge in [-0.1, -0.05) is 0 Å². The fourth-order valence-corrected chi connectivity index (χ4v) is 3.89. The van der Waals surface area contributed by atoms with Crippen molar-refractivity contribution < 1.29 is 28.7 Å². The van der Waals surface area contributed by atoms with Crippen molar-refractivity contribution in [3.8, 4) is 11.5 Å². The van der Waals surface area contributed by atoms with Gasteiger partial charge in [-0.3, -0.25) is 19.7 Å². The van der Waals surface area contributed by atoms with Crippen molar-refractivity contribution in [2.75, 3.05) is 27.9 Å². The molecule has 1 aliphatic heterocycles. The molecule has 164 valence electrons. The van der Waals surface area contributed by atoms with Gasteiger partial charge in [-0.2, -0.15) is 0 Å². The number of nitro benzene ring substituents is 1. The van der Waals surface area contributed by atoms with Gasteiger partial charge in [0.05, 0.1) is 38.7 Å². The van der Waals surface area contributed by atoms with Crippen molar-refractivity contribution in [3.05, 3.63) is 62.7 Å². The number of esters is 1. The summed E-state index contributed by atoms with van der Waals surface area (Å²) in [6.45, 7) is 1.96. The monoisotopic (exact) mass is 428 g/mol. The summed E-state index contributed by atoms with van der Waals surface area (Å²) in [6, 6.07) is 7.33.